The van der Waals surface area contributed by atoms with Gasteiger partial charge in [-0.1, -0.05) is 26.3 Å². The van der Waals surface area contributed by atoms with Crippen LogP contribution in [-0.4, -0.2) is 54.3 Å². The van der Waals surface area contributed by atoms with Crippen molar-refractivity contribution in [2.45, 2.75) is 39.2 Å². The molecule has 1 atom stereocenters. The molecule has 9 heteroatoms. The highest BCUT2D eigenvalue weighted by atomic mass is 32.1. The van der Waals surface area contributed by atoms with E-state index in [1.54, 1.807) is 6.20 Å². The van der Waals surface area contributed by atoms with E-state index >= 15 is 0 Å². The number of nitrogens with zero attached hydrogens (tertiary/aromatic N) is 3. The third-order valence-electron chi connectivity index (χ3n) is 5.54. The highest BCUT2D eigenvalue weighted by Gasteiger charge is 2.35. The van der Waals surface area contributed by atoms with Crippen molar-refractivity contribution >= 4 is 28.9 Å². The van der Waals surface area contributed by atoms with E-state index in [1.165, 1.54) is 16.2 Å². The number of hydrogen-bond donors (Lipinski definition) is 0. The molecule has 2 aromatic heterocycles. The van der Waals surface area contributed by atoms with Crippen molar-refractivity contribution in [3.05, 3.63) is 48.0 Å². The number of carbonyl (C=O) groups is 2. The van der Waals surface area contributed by atoms with E-state index < -0.39 is 12.1 Å². The highest BCUT2D eigenvalue weighted by Crippen LogP contribution is 2.39. The number of rotatable bonds is 11. The fourth-order valence-electron chi connectivity index (χ4n) is 3.66. The zero-order chi connectivity index (χ0) is 24.6. The Bertz CT molecular complexity index is 1150. The molecule has 1 aliphatic rings. The number of unbranched alkanes of at least 4 members (excludes halogenated alkanes) is 1. The molecule has 0 N–H and O–H groups in total. The minimum Gasteiger partial charge on any atom is -0.478 e. The number of hydrogen-bond acceptors (Lipinski definition) is 8. The summed E-state index contributed by atoms with van der Waals surface area (Å²) >= 11 is 1.50. The summed E-state index contributed by atoms with van der Waals surface area (Å²) in [7, 11) is 0. The van der Waals surface area contributed by atoms with Crippen LogP contribution in [0.4, 0.5) is 5.69 Å². The van der Waals surface area contributed by atoms with Gasteiger partial charge in [-0.05, 0) is 43.2 Å². The lowest BCUT2D eigenvalue weighted by Crippen LogP contribution is -2.48. The maximum atomic E-state index is 13.1. The first-order valence-electron chi connectivity index (χ1n) is 11.8. The van der Waals surface area contributed by atoms with Crippen LogP contribution in [0, 0.1) is 0 Å². The van der Waals surface area contributed by atoms with Gasteiger partial charge in [-0.2, -0.15) is 0 Å². The molecular formula is C26H29N3O5S. The van der Waals surface area contributed by atoms with E-state index in [0.29, 0.717) is 31.1 Å². The van der Waals surface area contributed by atoms with E-state index in [-0.39, 0.29) is 19.1 Å². The molecule has 0 bridgehead atoms. The molecule has 0 saturated heterocycles. The van der Waals surface area contributed by atoms with Crippen LogP contribution in [0.5, 0.6) is 5.75 Å². The van der Waals surface area contributed by atoms with Crippen LogP contribution < -0.4 is 9.64 Å². The number of pyridine rings is 1. The Hall–Kier alpha value is -3.30. The zero-order valence-electron chi connectivity index (χ0n) is 19.9. The molecule has 0 fully saturated rings. The van der Waals surface area contributed by atoms with Crippen molar-refractivity contribution in [2.75, 3.05) is 31.3 Å². The Kier molecular flexibility index (Phi) is 8.44. The summed E-state index contributed by atoms with van der Waals surface area (Å²) in [6, 6.07) is 11.2. The van der Waals surface area contributed by atoms with Gasteiger partial charge >= 0.3 is 5.97 Å². The molecule has 3 heterocycles. The van der Waals surface area contributed by atoms with Gasteiger partial charge in [0.15, 0.2) is 6.10 Å². The molecule has 35 heavy (non-hydrogen) atoms. The Morgan fingerprint density at radius 3 is 2.80 bits per heavy atom. The van der Waals surface area contributed by atoms with E-state index in [1.807, 2.05) is 48.7 Å². The normalized spacial score (nSPS) is 15.0. The quantitative estimate of drug-likeness (QED) is 0.280. The van der Waals surface area contributed by atoms with Crippen molar-refractivity contribution in [1.82, 2.24) is 9.97 Å². The average Bonchev–Trinajstić information content (AvgIpc) is 3.38. The number of esters is 1. The second kappa shape index (κ2) is 11.9. The summed E-state index contributed by atoms with van der Waals surface area (Å²) in [6.07, 6.45) is 3.60. The Labute approximate surface area is 208 Å². The van der Waals surface area contributed by atoms with Gasteiger partial charge in [-0.15, -0.1) is 11.3 Å². The molecule has 0 saturated carbocycles. The summed E-state index contributed by atoms with van der Waals surface area (Å²) in [5.41, 5.74) is 2.90. The van der Waals surface area contributed by atoms with Crippen molar-refractivity contribution < 1.29 is 23.8 Å². The zero-order valence-corrected chi connectivity index (χ0v) is 20.8. The molecule has 0 aliphatic carbocycles. The molecule has 8 nitrogen and oxygen atoms in total. The third kappa shape index (κ3) is 6.04. The lowest BCUT2D eigenvalue weighted by atomic mass is 10.1. The fraction of sp³-hybridized carbons (Fsp3) is 0.385. The summed E-state index contributed by atoms with van der Waals surface area (Å²) in [4.78, 5) is 36.1. The summed E-state index contributed by atoms with van der Waals surface area (Å²) in [5.74, 6) is -0.200. The number of anilines is 1. The molecule has 3 aromatic rings. The third-order valence-corrected chi connectivity index (χ3v) is 6.40. The Morgan fingerprint density at radius 2 is 2.03 bits per heavy atom. The fourth-order valence-corrected chi connectivity index (χ4v) is 4.46. The predicted molar refractivity (Wildman–Crippen MR) is 135 cm³/mol. The second-order valence-corrected chi connectivity index (χ2v) is 8.92. The lowest BCUT2D eigenvalue weighted by Gasteiger charge is -2.33. The minimum absolute atomic E-state index is 0.153. The smallest absolute Gasteiger partial charge is 0.326 e. The topological polar surface area (TPSA) is 90.9 Å². The van der Waals surface area contributed by atoms with Crippen molar-refractivity contribution in [3.63, 3.8) is 0 Å². The van der Waals surface area contributed by atoms with Gasteiger partial charge in [0.1, 0.15) is 23.9 Å². The van der Waals surface area contributed by atoms with Crippen molar-refractivity contribution in [1.29, 1.82) is 0 Å². The lowest BCUT2D eigenvalue weighted by molar-refractivity contribution is -0.145. The molecule has 1 aliphatic heterocycles. The second-order valence-electron chi connectivity index (χ2n) is 8.06. The van der Waals surface area contributed by atoms with Crippen molar-refractivity contribution in [3.8, 4) is 27.7 Å². The summed E-state index contributed by atoms with van der Waals surface area (Å²) < 4.78 is 16.7. The first-order chi connectivity index (χ1) is 17.1. The molecule has 1 aromatic carbocycles. The number of ether oxygens (including phenoxy) is 3. The van der Waals surface area contributed by atoms with E-state index in [2.05, 4.69) is 11.9 Å². The first-order valence-corrected chi connectivity index (χ1v) is 12.7. The molecular weight excluding hydrogens is 466 g/mol. The first kappa shape index (κ1) is 24.8. The van der Waals surface area contributed by atoms with Crippen LogP contribution in [-0.2, 0) is 19.1 Å². The largest absolute Gasteiger partial charge is 0.478 e. The van der Waals surface area contributed by atoms with E-state index in [4.69, 9.17) is 19.2 Å². The van der Waals surface area contributed by atoms with Crippen LogP contribution in [0.1, 0.15) is 33.1 Å². The number of aromatic nitrogens is 2. The number of fused-ring (bicyclic) bond motifs is 1. The highest BCUT2D eigenvalue weighted by molar-refractivity contribution is 7.13. The SMILES string of the molecule is CCCCOCCOC(=O)CN1C(=O)C(CC)Oc2ccc(-c3csc(-c4ccccn4)n3)cc21. The molecule has 0 spiro atoms. The van der Waals surface area contributed by atoms with Crippen LogP contribution >= 0.6 is 11.3 Å². The molecule has 1 unspecified atom stereocenters. The van der Waals surface area contributed by atoms with E-state index in [9.17, 15) is 9.59 Å². The number of benzene rings is 1. The standard InChI is InChI=1S/C26H29N3O5S/c1-3-5-12-32-13-14-33-24(30)16-29-21-15-18(9-10-23(21)34-22(4-2)26(29)31)20-17-35-25(28-20)19-8-6-7-11-27-19/h6-11,15,17,22H,3-5,12-14,16H2,1-2H3. The Balaban J connectivity index is 1.51. The monoisotopic (exact) mass is 495 g/mol. The van der Waals surface area contributed by atoms with Crippen LogP contribution in [0.25, 0.3) is 22.0 Å². The molecule has 1 amide bonds. The van der Waals surface area contributed by atoms with Gasteiger partial charge in [-0.25, -0.2) is 4.98 Å². The van der Waals surface area contributed by atoms with Crippen LogP contribution in [0.15, 0.2) is 48.0 Å². The van der Waals surface area contributed by atoms with Crippen LogP contribution in [0.3, 0.4) is 0 Å². The molecule has 184 valence electrons. The number of amides is 1. The van der Waals surface area contributed by atoms with Gasteiger partial charge in [0.25, 0.3) is 5.91 Å². The van der Waals surface area contributed by atoms with E-state index in [0.717, 1.165) is 34.8 Å². The molecule has 4 rings (SSSR count). The van der Waals surface area contributed by atoms with Gasteiger partial charge in [0.05, 0.1) is 23.7 Å². The van der Waals surface area contributed by atoms with Gasteiger partial charge in [0, 0.05) is 23.7 Å². The predicted octanol–water partition coefficient (Wildman–Crippen LogP) is 4.74. The van der Waals surface area contributed by atoms with Crippen molar-refractivity contribution in [2.24, 2.45) is 0 Å². The van der Waals surface area contributed by atoms with Gasteiger partial charge < -0.3 is 14.2 Å². The van der Waals surface area contributed by atoms with Gasteiger partial charge in [0.2, 0.25) is 0 Å². The number of carbonyl (C=O) groups excluding carboxylic acids is 2. The average molecular weight is 496 g/mol. The summed E-state index contributed by atoms with van der Waals surface area (Å²) in [5, 5.41) is 2.75. The number of thiazole rings is 1. The minimum atomic E-state index is -0.645. The molecule has 0 radical (unpaired) electrons. The maximum absolute atomic E-state index is 13.1. The Morgan fingerprint density at radius 1 is 1.14 bits per heavy atom. The van der Waals surface area contributed by atoms with Crippen LogP contribution in [0.2, 0.25) is 0 Å². The summed E-state index contributed by atoms with van der Waals surface area (Å²) in [6.45, 7) is 4.90. The maximum Gasteiger partial charge on any atom is 0.326 e. The van der Waals surface area contributed by atoms with Gasteiger partial charge in [-0.3, -0.25) is 19.5 Å².